The largest absolute Gasteiger partial charge is 0.480 e. The molecule has 0 aliphatic heterocycles. The van der Waals surface area contributed by atoms with E-state index in [0.29, 0.717) is 17.1 Å². The maximum atomic E-state index is 11.8. The zero-order valence-electron chi connectivity index (χ0n) is 10.9. The number of hydrogen-bond donors (Lipinski definition) is 1. The first-order valence-corrected chi connectivity index (χ1v) is 5.90. The Morgan fingerprint density at radius 1 is 1.20 bits per heavy atom. The minimum Gasteiger partial charge on any atom is -0.480 e. The topological polar surface area (TPSA) is 95.2 Å². The number of nitrogens with two attached hydrogens (primary N) is 1. The van der Waals surface area contributed by atoms with E-state index in [1.54, 1.807) is 36.4 Å². The fourth-order valence-corrected chi connectivity index (χ4v) is 1.70. The molecule has 1 heterocycles. The number of ether oxygens (including phenoxy) is 1. The maximum absolute atomic E-state index is 11.8. The van der Waals surface area contributed by atoms with Gasteiger partial charge in [0.25, 0.3) is 0 Å². The van der Waals surface area contributed by atoms with Gasteiger partial charge in [-0.25, -0.2) is 0 Å². The number of hydrogen-bond acceptors (Lipinski definition) is 5. The number of rotatable bonds is 5. The molecule has 6 heteroatoms. The minimum atomic E-state index is -0.648. The number of benzene rings is 1. The summed E-state index contributed by atoms with van der Waals surface area (Å²) in [4.78, 5) is 22.6. The molecule has 0 spiro atoms. The Balaban J connectivity index is 2.28. The smallest absolute Gasteiger partial charge is 0.233 e. The van der Waals surface area contributed by atoms with Crippen LogP contribution in [0.25, 0.3) is 11.3 Å². The van der Waals surface area contributed by atoms with Crippen molar-refractivity contribution in [2.24, 2.45) is 5.73 Å². The van der Waals surface area contributed by atoms with Crippen molar-refractivity contribution in [3.63, 3.8) is 0 Å². The van der Waals surface area contributed by atoms with Gasteiger partial charge in [-0.1, -0.05) is 18.2 Å². The summed E-state index contributed by atoms with van der Waals surface area (Å²) >= 11 is 0. The lowest BCUT2D eigenvalue weighted by atomic mass is 10.0. The van der Waals surface area contributed by atoms with Crippen molar-refractivity contribution in [3.8, 4) is 17.1 Å². The molecule has 0 fully saturated rings. The third-order valence-electron chi connectivity index (χ3n) is 2.66. The van der Waals surface area contributed by atoms with Gasteiger partial charge in [-0.15, -0.1) is 10.2 Å². The average molecular weight is 271 g/mol. The lowest BCUT2D eigenvalue weighted by molar-refractivity contribution is -0.117. The van der Waals surface area contributed by atoms with Crippen LogP contribution in [0, 0.1) is 0 Å². The van der Waals surface area contributed by atoms with Crippen molar-refractivity contribution in [1.82, 2.24) is 10.2 Å². The van der Waals surface area contributed by atoms with E-state index >= 15 is 0 Å². The Kier molecular flexibility index (Phi) is 4.05. The van der Waals surface area contributed by atoms with Crippen molar-refractivity contribution < 1.29 is 14.3 Å². The Hall–Kier alpha value is -2.76. The van der Waals surface area contributed by atoms with Crippen molar-refractivity contribution in [2.45, 2.75) is 6.42 Å². The molecule has 1 aromatic carbocycles. The van der Waals surface area contributed by atoms with Gasteiger partial charge in [-0.2, -0.15) is 0 Å². The zero-order chi connectivity index (χ0) is 14.5. The number of aromatic nitrogens is 2. The van der Waals surface area contributed by atoms with Crippen LogP contribution in [0.15, 0.2) is 36.4 Å². The van der Waals surface area contributed by atoms with Gasteiger partial charge >= 0.3 is 0 Å². The fraction of sp³-hybridized carbons (Fsp3) is 0.143. The van der Waals surface area contributed by atoms with E-state index in [9.17, 15) is 9.59 Å². The highest BCUT2D eigenvalue weighted by molar-refractivity contribution is 6.07. The molecule has 0 unspecified atom stereocenters. The van der Waals surface area contributed by atoms with Crippen LogP contribution in [0.4, 0.5) is 0 Å². The predicted octanol–water partition coefficient (Wildman–Crippen LogP) is 1.21. The summed E-state index contributed by atoms with van der Waals surface area (Å²) < 4.78 is 4.93. The van der Waals surface area contributed by atoms with Crippen LogP contribution in [-0.2, 0) is 4.79 Å². The lowest BCUT2D eigenvalue weighted by Crippen LogP contribution is -2.16. The summed E-state index contributed by atoms with van der Waals surface area (Å²) in [5.41, 5.74) is 6.77. The average Bonchev–Trinajstić information content (AvgIpc) is 2.47. The van der Waals surface area contributed by atoms with E-state index < -0.39 is 5.91 Å². The third-order valence-corrected chi connectivity index (χ3v) is 2.66. The Morgan fingerprint density at radius 3 is 2.60 bits per heavy atom. The second-order valence-electron chi connectivity index (χ2n) is 4.11. The van der Waals surface area contributed by atoms with Crippen molar-refractivity contribution >= 4 is 11.7 Å². The van der Waals surface area contributed by atoms with E-state index in [0.717, 1.165) is 5.56 Å². The Morgan fingerprint density at radius 2 is 2.00 bits per heavy atom. The summed E-state index contributed by atoms with van der Waals surface area (Å²) in [5, 5.41) is 7.87. The molecule has 2 aromatic rings. The molecular weight excluding hydrogens is 258 g/mol. The van der Waals surface area contributed by atoms with Crippen LogP contribution in [0.5, 0.6) is 5.88 Å². The Bertz CT molecular complexity index is 638. The number of nitrogens with zero attached hydrogens (tertiary/aromatic N) is 2. The summed E-state index contributed by atoms with van der Waals surface area (Å²) in [6.07, 6.45) is -0.308. The number of ketones is 1. The summed E-state index contributed by atoms with van der Waals surface area (Å²) in [5.74, 6) is -0.555. The molecule has 1 amide bonds. The second kappa shape index (κ2) is 5.92. The standard InChI is InChI=1S/C14H13N3O3/c1-20-14-6-5-11(16-17-14)9-3-2-4-10(7-9)12(18)8-13(15)19/h2-7H,8H2,1H3,(H2,15,19). The molecular formula is C14H13N3O3. The number of carbonyl (C=O) groups excluding carboxylic acids is 2. The van der Waals surface area contributed by atoms with E-state index in [1.165, 1.54) is 7.11 Å². The molecule has 102 valence electrons. The quantitative estimate of drug-likeness (QED) is 0.651. The molecule has 0 radical (unpaired) electrons. The predicted molar refractivity (Wildman–Crippen MR) is 72.2 cm³/mol. The Labute approximate surface area is 115 Å². The van der Waals surface area contributed by atoms with Crippen LogP contribution >= 0.6 is 0 Å². The first-order chi connectivity index (χ1) is 9.60. The lowest BCUT2D eigenvalue weighted by Gasteiger charge is -2.04. The van der Waals surface area contributed by atoms with E-state index in [2.05, 4.69) is 10.2 Å². The molecule has 0 saturated carbocycles. The molecule has 0 atom stereocenters. The summed E-state index contributed by atoms with van der Waals surface area (Å²) in [6, 6.07) is 10.2. The van der Waals surface area contributed by atoms with Gasteiger partial charge < -0.3 is 10.5 Å². The maximum Gasteiger partial charge on any atom is 0.233 e. The number of Topliss-reactive ketones (excluding diaryl/α,β-unsaturated/α-hetero) is 1. The van der Waals surface area contributed by atoms with Crippen LogP contribution in [0.1, 0.15) is 16.8 Å². The van der Waals surface area contributed by atoms with Crippen LogP contribution in [0.3, 0.4) is 0 Å². The first kappa shape index (κ1) is 13.7. The van der Waals surface area contributed by atoms with Crippen molar-refractivity contribution in [2.75, 3.05) is 7.11 Å². The third kappa shape index (κ3) is 3.17. The van der Waals surface area contributed by atoms with Crippen LogP contribution < -0.4 is 10.5 Å². The van der Waals surface area contributed by atoms with Gasteiger partial charge in [0.15, 0.2) is 5.78 Å². The van der Waals surface area contributed by atoms with Crippen molar-refractivity contribution in [1.29, 1.82) is 0 Å². The minimum absolute atomic E-state index is 0.308. The van der Waals surface area contributed by atoms with Crippen LogP contribution in [-0.4, -0.2) is 29.0 Å². The molecule has 0 aliphatic carbocycles. The van der Waals surface area contributed by atoms with Gasteiger partial charge in [0, 0.05) is 17.2 Å². The summed E-state index contributed by atoms with van der Waals surface area (Å²) in [7, 11) is 1.51. The molecule has 2 N–H and O–H groups in total. The zero-order valence-corrected chi connectivity index (χ0v) is 10.9. The first-order valence-electron chi connectivity index (χ1n) is 5.90. The van der Waals surface area contributed by atoms with Gasteiger partial charge in [0.2, 0.25) is 11.8 Å². The fourth-order valence-electron chi connectivity index (χ4n) is 1.70. The summed E-state index contributed by atoms with van der Waals surface area (Å²) in [6.45, 7) is 0. The van der Waals surface area contributed by atoms with E-state index in [-0.39, 0.29) is 12.2 Å². The van der Waals surface area contributed by atoms with Gasteiger partial charge in [0.05, 0.1) is 19.2 Å². The number of primary amides is 1. The van der Waals surface area contributed by atoms with Gasteiger partial charge in [-0.05, 0) is 12.1 Å². The molecule has 0 aliphatic rings. The molecule has 1 aromatic heterocycles. The SMILES string of the molecule is COc1ccc(-c2cccc(C(=O)CC(N)=O)c2)nn1. The second-order valence-corrected chi connectivity index (χ2v) is 4.11. The molecule has 20 heavy (non-hydrogen) atoms. The highest BCUT2D eigenvalue weighted by atomic mass is 16.5. The monoisotopic (exact) mass is 271 g/mol. The molecule has 0 saturated heterocycles. The highest BCUT2D eigenvalue weighted by Crippen LogP contribution is 2.19. The normalized spacial score (nSPS) is 10.1. The number of methoxy groups -OCH3 is 1. The van der Waals surface area contributed by atoms with E-state index in [1.807, 2.05) is 0 Å². The van der Waals surface area contributed by atoms with Crippen molar-refractivity contribution in [3.05, 3.63) is 42.0 Å². The van der Waals surface area contributed by atoms with Crippen LogP contribution in [0.2, 0.25) is 0 Å². The number of amides is 1. The molecule has 6 nitrogen and oxygen atoms in total. The van der Waals surface area contributed by atoms with E-state index in [4.69, 9.17) is 10.5 Å². The van der Waals surface area contributed by atoms with Gasteiger partial charge in [-0.3, -0.25) is 9.59 Å². The number of carbonyl (C=O) groups is 2. The highest BCUT2D eigenvalue weighted by Gasteiger charge is 2.10. The molecule has 0 bridgehead atoms. The van der Waals surface area contributed by atoms with Gasteiger partial charge in [0.1, 0.15) is 0 Å². The molecule has 2 rings (SSSR count).